The Kier molecular flexibility index (Phi) is 3.92. The molecule has 1 atom stereocenters. The smallest absolute Gasteiger partial charge is 0.175 e. The molecule has 0 saturated carbocycles. The van der Waals surface area contributed by atoms with Gasteiger partial charge in [-0.15, -0.1) is 0 Å². The van der Waals surface area contributed by atoms with E-state index in [0.29, 0.717) is 12.1 Å². The number of nitrogens with zero attached hydrogens (tertiary/aromatic N) is 1. The molecular weight excluding hydrogens is 264 g/mol. The molecule has 1 unspecified atom stereocenters. The maximum atomic E-state index is 11.3. The normalized spacial score (nSPS) is 13.2. The lowest BCUT2D eigenvalue weighted by Crippen LogP contribution is -2.19. The summed E-state index contributed by atoms with van der Waals surface area (Å²) >= 11 is 0. The third-order valence-corrected chi connectivity index (χ3v) is 3.89. The minimum absolute atomic E-state index is 0.252. The van der Waals surface area contributed by atoms with Crippen LogP contribution in [0.15, 0.2) is 53.7 Å². The highest BCUT2D eigenvalue weighted by atomic mass is 32.2. The summed E-state index contributed by atoms with van der Waals surface area (Å²) in [5.41, 5.74) is 3.69. The third kappa shape index (κ3) is 3.59. The molecule has 0 amide bonds. The van der Waals surface area contributed by atoms with E-state index in [4.69, 9.17) is 0 Å². The molecule has 2 aromatic rings. The molecule has 0 aliphatic carbocycles. The van der Waals surface area contributed by atoms with Crippen LogP contribution in [-0.2, 0) is 9.84 Å². The van der Waals surface area contributed by atoms with Gasteiger partial charge in [0.1, 0.15) is 0 Å². The Morgan fingerprint density at radius 3 is 2.32 bits per heavy atom. The zero-order valence-corrected chi connectivity index (χ0v) is 11.3. The maximum absolute atomic E-state index is 11.3. The first-order valence-electron chi connectivity index (χ1n) is 5.82. The minimum atomic E-state index is -3.19. The van der Waals surface area contributed by atoms with E-state index in [9.17, 15) is 13.5 Å². The Balaban J connectivity index is 2.01. The van der Waals surface area contributed by atoms with E-state index in [1.54, 1.807) is 16.8 Å². The van der Waals surface area contributed by atoms with E-state index >= 15 is 0 Å². The molecule has 5 nitrogen and oxygen atoms in total. The van der Waals surface area contributed by atoms with E-state index in [0.717, 1.165) is 6.26 Å². The summed E-state index contributed by atoms with van der Waals surface area (Å²) < 4.78 is 24.4. The van der Waals surface area contributed by atoms with Crippen LogP contribution < -0.4 is 5.43 Å². The first-order valence-corrected chi connectivity index (χ1v) is 7.71. The predicted molar refractivity (Wildman–Crippen MR) is 73.2 cm³/mol. The summed E-state index contributed by atoms with van der Waals surface area (Å²) in [6.45, 7) is 0.340. The zero-order chi connectivity index (χ0) is 13.9. The van der Waals surface area contributed by atoms with Crippen molar-refractivity contribution >= 4 is 9.84 Å². The summed E-state index contributed by atoms with van der Waals surface area (Å²) in [4.78, 5) is 0.252. The van der Waals surface area contributed by atoms with Gasteiger partial charge in [0.25, 0.3) is 0 Å². The zero-order valence-electron chi connectivity index (χ0n) is 10.5. The van der Waals surface area contributed by atoms with Crippen molar-refractivity contribution in [3.05, 3.63) is 54.4 Å². The average Bonchev–Trinajstić information content (AvgIpc) is 2.88. The minimum Gasteiger partial charge on any atom is -0.387 e. The van der Waals surface area contributed by atoms with Crippen molar-refractivity contribution in [2.24, 2.45) is 0 Å². The number of benzene rings is 1. The summed E-state index contributed by atoms with van der Waals surface area (Å²) in [7, 11) is -3.19. The van der Waals surface area contributed by atoms with Gasteiger partial charge in [0.2, 0.25) is 0 Å². The fourth-order valence-electron chi connectivity index (χ4n) is 1.69. The van der Waals surface area contributed by atoms with Gasteiger partial charge in [0.05, 0.1) is 17.5 Å². The highest BCUT2D eigenvalue weighted by molar-refractivity contribution is 7.90. The molecule has 1 aromatic carbocycles. The third-order valence-electron chi connectivity index (χ3n) is 2.76. The molecule has 2 rings (SSSR count). The quantitative estimate of drug-likeness (QED) is 0.862. The molecule has 0 bridgehead atoms. The Bertz CT molecular complexity index is 618. The molecule has 102 valence electrons. The van der Waals surface area contributed by atoms with Crippen LogP contribution in [0.4, 0.5) is 0 Å². The molecular formula is C13H16N2O3S. The highest BCUT2D eigenvalue weighted by Gasteiger charge is 2.10. The molecule has 1 aromatic heterocycles. The Morgan fingerprint density at radius 1 is 1.21 bits per heavy atom. The van der Waals surface area contributed by atoms with Gasteiger partial charge in [-0.1, -0.05) is 12.1 Å². The number of hydrogen-bond donors (Lipinski definition) is 2. The summed E-state index contributed by atoms with van der Waals surface area (Å²) in [5, 5.41) is 9.99. The van der Waals surface area contributed by atoms with Gasteiger partial charge in [-0.2, -0.15) is 0 Å². The lowest BCUT2D eigenvalue weighted by atomic mass is 10.1. The van der Waals surface area contributed by atoms with Crippen molar-refractivity contribution < 1.29 is 13.5 Å². The Morgan fingerprint density at radius 2 is 1.79 bits per heavy atom. The van der Waals surface area contributed by atoms with E-state index in [2.05, 4.69) is 5.43 Å². The molecule has 0 spiro atoms. The van der Waals surface area contributed by atoms with Crippen molar-refractivity contribution in [3.63, 3.8) is 0 Å². The molecule has 0 fully saturated rings. The van der Waals surface area contributed by atoms with Crippen LogP contribution in [0.25, 0.3) is 0 Å². The van der Waals surface area contributed by atoms with Crippen molar-refractivity contribution in [2.75, 3.05) is 18.2 Å². The van der Waals surface area contributed by atoms with Crippen molar-refractivity contribution in [3.8, 4) is 0 Å². The van der Waals surface area contributed by atoms with Gasteiger partial charge in [-0.25, -0.2) is 8.42 Å². The Hall–Kier alpha value is -1.79. The van der Waals surface area contributed by atoms with E-state index < -0.39 is 15.9 Å². The standard InChI is InChI=1S/C13H16N2O3S/c1-19(17,18)12-6-4-11(5-7-12)13(16)10-14-15-8-2-3-9-15/h2-9,13-14,16H,10H2,1H3. The molecule has 0 radical (unpaired) electrons. The topological polar surface area (TPSA) is 71.3 Å². The largest absolute Gasteiger partial charge is 0.387 e. The van der Waals surface area contributed by atoms with Crippen molar-refractivity contribution in [1.82, 2.24) is 4.68 Å². The van der Waals surface area contributed by atoms with Crippen LogP contribution in [0, 0.1) is 0 Å². The highest BCUT2D eigenvalue weighted by Crippen LogP contribution is 2.16. The SMILES string of the molecule is CS(=O)(=O)c1ccc(C(O)CNn2cccc2)cc1. The maximum Gasteiger partial charge on any atom is 0.175 e. The second kappa shape index (κ2) is 5.46. The van der Waals surface area contributed by atoms with Gasteiger partial charge in [0.15, 0.2) is 9.84 Å². The van der Waals surface area contributed by atoms with Crippen LogP contribution in [0.5, 0.6) is 0 Å². The van der Waals surface area contributed by atoms with Gasteiger partial charge in [-0.05, 0) is 29.8 Å². The lowest BCUT2D eigenvalue weighted by Gasteiger charge is -2.14. The van der Waals surface area contributed by atoms with Crippen molar-refractivity contribution in [1.29, 1.82) is 0 Å². The predicted octanol–water partition coefficient (Wildman–Crippen LogP) is 1.17. The second-order valence-corrected chi connectivity index (χ2v) is 6.33. The summed E-state index contributed by atoms with van der Waals surface area (Å²) in [5.74, 6) is 0. The van der Waals surface area contributed by atoms with E-state index in [-0.39, 0.29) is 4.90 Å². The van der Waals surface area contributed by atoms with E-state index in [1.165, 1.54) is 12.1 Å². The van der Waals surface area contributed by atoms with Crippen LogP contribution in [0.3, 0.4) is 0 Å². The number of hydrogen-bond acceptors (Lipinski definition) is 4. The van der Waals surface area contributed by atoms with Gasteiger partial charge in [-0.3, -0.25) is 4.68 Å². The van der Waals surface area contributed by atoms with Crippen LogP contribution in [0.2, 0.25) is 0 Å². The molecule has 2 N–H and O–H groups in total. The fourth-order valence-corrected chi connectivity index (χ4v) is 2.32. The van der Waals surface area contributed by atoms with Gasteiger partial charge >= 0.3 is 0 Å². The first-order chi connectivity index (χ1) is 8.97. The molecule has 0 saturated heterocycles. The van der Waals surface area contributed by atoms with E-state index in [1.807, 2.05) is 24.5 Å². The van der Waals surface area contributed by atoms with Gasteiger partial charge in [0, 0.05) is 18.6 Å². The monoisotopic (exact) mass is 280 g/mol. The number of aliphatic hydroxyl groups excluding tert-OH is 1. The first kappa shape index (κ1) is 13.6. The van der Waals surface area contributed by atoms with Crippen molar-refractivity contribution in [2.45, 2.75) is 11.0 Å². The molecule has 0 aliphatic rings. The second-order valence-electron chi connectivity index (χ2n) is 4.31. The van der Waals surface area contributed by atoms with Crippen LogP contribution >= 0.6 is 0 Å². The summed E-state index contributed by atoms with van der Waals surface area (Å²) in [6, 6.07) is 10.0. The number of aliphatic hydroxyl groups is 1. The van der Waals surface area contributed by atoms with Crippen LogP contribution in [-0.4, -0.2) is 31.0 Å². The summed E-state index contributed by atoms with van der Waals surface area (Å²) in [6.07, 6.45) is 4.13. The number of rotatable bonds is 5. The number of sulfone groups is 1. The fraction of sp³-hybridized carbons (Fsp3) is 0.231. The number of nitrogens with one attached hydrogen (secondary N) is 1. The lowest BCUT2D eigenvalue weighted by molar-refractivity contribution is 0.188. The average molecular weight is 280 g/mol. The molecule has 19 heavy (non-hydrogen) atoms. The molecule has 0 aliphatic heterocycles. The Labute approximate surface area is 112 Å². The number of aromatic nitrogens is 1. The van der Waals surface area contributed by atoms with Gasteiger partial charge < -0.3 is 10.5 Å². The van der Waals surface area contributed by atoms with Crippen LogP contribution in [0.1, 0.15) is 11.7 Å². The molecule has 1 heterocycles. The molecule has 6 heteroatoms.